The van der Waals surface area contributed by atoms with Crippen LogP contribution in [0.15, 0.2) is 0 Å². The van der Waals surface area contributed by atoms with Crippen molar-refractivity contribution < 1.29 is 13.2 Å². The monoisotopic (exact) mass is 319 g/mol. The quantitative estimate of drug-likeness (QED) is 0.667. The molecular formula is C14H29N3O3S. The lowest BCUT2D eigenvalue weighted by Crippen LogP contribution is -2.55. The van der Waals surface area contributed by atoms with Crippen LogP contribution in [0.4, 0.5) is 0 Å². The Labute approximate surface area is 128 Å². The van der Waals surface area contributed by atoms with Gasteiger partial charge in [0.2, 0.25) is 15.9 Å². The maximum absolute atomic E-state index is 12.5. The summed E-state index contributed by atoms with van der Waals surface area (Å²) >= 11 is 0. The van der Waals surface area contributed by atoms with Gasteiger partial charge in [-0.05, 0) is 45.4 Å². The van der Waals surface area contributed by atoms with Crippen LogP contribution in [0.2, 0.25) is 0 Å². The first kappa shape index (κ1) is 18.4. The first-order valence-electron chi connectivity index (χ1n) is 7.47. The molecule has 1 rings (SSSR count). The third-order valence-electron chi connectivity index (χ3n) is 4.26. The molecule has 1 saturated carbocycles. The molecule has 1 amide bonds. The van der Waals surface area contributed by atoms with Gasteiger partial charge in [0, 0.05) is 18.6 Å². The van der Waals surface area contributed by atoms with E-state index in [0.717, 1.165) is 31.9 Å². The van der Waals surface area contributed by atoms with E-state index in [0.29, 0.717) is 12.5 Å². The van der Waals surface area contributed by atoms with Crippen molar-refractivity contribution >= 4 is 15.9 Å². The van der Waals surface area contributed by atoms with Gasteiger partial charge in [0.25, 0.3) is 0 Å². The molecule has 21 heavy (non-hydrogen) atoms. The summed E-state index contributed by atoms with van der Waals surface area (Å²) in [4.78, 5) is 12.5. The molecule has 0 saturated heterocycles. The largest absolute Gasteiger partial charge is 0.354 e. The fourth-order valence-electron chi connectivity index (χ4n) is 2.87. The zero-order chi connectivity index (χ0) is 16.3. The fraction of sp³-hybridized carbons (Fsp3) is 0.929. The molecule has 0 aromatic heterocycles. The van der Waals surface area contributed by atoms with Crippen molar-refractivity contribution in [2.24, 2.45) is 17.1 Å². The standard InChI is InChI=1S/C14H29N3O3S/c1-11-5-7-14(9-15,8-6-11)12(18)16-10-13(2,3)17-21(4,19)20/h11,17H,5-10,15H2,1-4H3,(H,16,18). The summed E-state index contributed by atoms with van der Waals surface area (Å²) in [6.07, 6.45) is 4.73. The predicted octanol–water partition coefficient (Wildman–Crippen LogP) is 0.586. The Bertz CT molecular complexity index is 466. The minimum Gasteiger partial charge on any atom is -0.354 e. The number of hydrogen-bond acceptors (Lipinski definition) is 4. The lowest BCUT2D eigenvalue weighted by molar-refractivity contribution is -0.133. The third-order valence-corrected chi connectivity index (χ3v) is 5.18. The molecular weight excluding hydrogens is 290 g/mol. The van der Waals surface area contributed by atoms with Gasteiger partial charge in [0.15, 0.2) is 0 Å². The van der Waals surface area contributed by atoms with Gasteiger partial charge in [0.1, 0.15) is 0 Å². The lowest BCUT2D eigenvalue weighted by atomic mass is 9.70. The van der Waals surface area contributed by atoms with Crippen LogP contribution in [-0.2, 0) is 14.8 Å². The normalized spacial score (nSPS) is 27.4. The number of hydrogen-bond donors (Lipinski definition) is 3. The summed E-state index contributed by atoms with van der Waals surface area (Å²) in [7, 11) is -3.31. The van der Waals surface area contributed by atoms with E-state index in [2.05, 4.69) is 17.0 Å². The highest BCUT2D eigenvalue weighted by atomic mass is 32.2. The van der Waals surface area contributed by atoms with Gasteiger partial charge >= 0.3 is 0 Å². The molecule has 0 radical (unpaired) electrons. The van der Waals surface area contributed by atoms with E-state index in [1.807, 2.05) is 0 Å². The topological polar surface area (TPSA) is 101 Å². The molecule has 0 aromatic carbocycles. The minimum atomic E-state index is -3.31. The number of nitrogens with one attached hydrogen (secondary N) is 2. The maximum Gasteiger partial charge on any atom is 0.227 e. The van der Waals surface area contributed by atoms with Crippen molar-refractivity contribution in [3.05, 3.63) is 0 Å². The minimum absolute atomic E-state index is 0.0553. The molecule has 0 aliphatic heterocycles. The molecule has 1 fully saturated rings. The van der Waals surface area contributed by atoms with Crippen LogP contribution in [-0.4, -0.2) is 39.2 Å². The summed E-state index contributed by atoms with van der Waals surface area (Å²) < 4.78 is 25.1. The fourth-order valence-corrected chi connectivity index (χ4v) is 3.94. The SMILES string of the molecule is CC1CCC(CN)(C(=O)NCC(C)(C)NS(C)(=O)=O)CC1. The maximum atomic E-state index is 12.5. The first-order chi connectivity index (χ1) is 9.50. The van der Waals surface area contributed by atoms with Gasteiger partial charge in [-0.3, -0.25) is 4.79 Å². The summed E-state index contributed by atoms with van der Waals surface area (Å²) in [5.41, 5.74) is 4.64. The lowest BCUT2D eigenvalue weighted by Gasteiger charge is -2.38. The summed E-state index contributed by atoms with van der Waals surface area (Å²) in [6, 6.07) is 0. The Morgan fingerprint density at radius 2 is 1.86 bits per heavy atom. The Morgan fingerprint density at radius 1 is 1.33 bits per heavy atom. The Kier molecular flexibility index (Phi) is 5.80. The Balaban J connectivity index is 2.63. The van der Waals surface area contributed by atoms with Crippen LogP contribution < -0.4 is 15.8 Å². The van der Waals surface area contributed by atoms with Crippen LogP contribution in [0.25, 0.3) is 0 Å². The summed E-state index contributed by atoms with van der Waals surface area (Å²) in [6.45, 7) is 6.26. The molecule has 0 bridgehead atoms. The number of carbonyl (C=O) groups excluding carboxylic acids is 1. The van der Waals surface area contributed by atoms with Gasteiger partial charge in [-0.15, -0.1) is 0 Å². The second-order valence-electron chi connectivity index (χ2n) is 7.11. The predicted molar refractivity (Wildman–Crippen MR) is 84.2 cm³/mol. The van der Waals surface area contributed by atoms with Gasteiger partial charge in [-0.2, -0.15) is 0 Å². The van der Waals surface area contributed by atoms with Crippen molar-refractivity contribution in [1.29, 1.82) is 0 Å². The number of carbonyl (C=O) groups is 1. The molecule has 7 heteroatoms. The van der Waals surface area contributed by atoms with Crippen molar-refractivity contribution in [3.63, 3.8) is 0 Å². The van der Waals surface area contributed by atoms with Crippen LogP contribution in [0.1, 0.15) is 46.5 Å². The summed E-state index contributed by atoms with van der Waals surface area (Å²) in [5, 5.41) is 2.88. The van der Waals surface area contributed by atoms with E-state index in [4.69, 9.17) is 5.73 Å². The molecule has 0 atom stereocenters. The van der Waals surface area contributed by atoms with Crippen molar-refractivity contribution in [1.82, 2.24) is 10.0 Å². The Hall–Kier alpha value is -0.660. The van der Waals surface area contributed by atoms with Crippen molar-refractivity contribution in [2.45, 2.75) is 52.0 Å². The number of sulfonamides is 1. The molecule has 6 nitrogen and oxygen atoms in total. The van der Waals surface area contributed by atoms with E-state index >= 15 is 0 Å². The second-order valence-corrected chi connectivity index (χ2v) is 8.86. The summed E-state index contributed by atoms with van der Waals surface area (Å²) in [5.74, 6) is 0.584. The van der Waals surface area contributed by atoms with Gasteiger partial charge in [-0.1, -0.05) is 6.92 Å². The highest BCUT2D eigenvalue weighted by Gasteiger charge is 2.40. The molecule has 4 N–H and O–H groups in total. The van der Waals surface area contributed by atoms with Crippen molar-refractivity contribution in [3.8, 4) is 0 Å². The van der Waals surface area contributed by atoms with E-state index < -0.39 is 21.0 Å². The van der Waals surface area contributed by atoms with E-state index in [-0.39, 0.29) is 12.5 Å². The third kappa shape index (κ3) is 5.56. The van der Waals surface area contributed by atoms with Crippen molar-refractivity contribution in [2.75, 3.05) is 19.3 Å². The Morgan fingerprint density at radius 3 is 2.29 bits per heavy atom. The number of amides is 1. The zero-order valence-corrected chi connectivity index (χ0v) is 14.3. The molecule has 0 heterocycles. The highest BCUT2D eigenvalue weighted by Crippen LogP contribution is 2.38. The smallest absolute Gasteiger partial charge is 0.227 e. The van der Waals surface area contributed by atoms with Gasteiger partial charge in [-0.25, -0.2) is 13.1 Å². The molecule has 124 valence electrons. The molecule has 1 aliphatic rings. The molecule has 1 aliphatic carbocycles. The van der Waals surface area contributed by atoms with E-state index in [1.165, 1.54) is 0 Å². The van der Waals surface area contributed by atoms with Gasteiger partial charge < -0.3 is 11.1 Å². The van der Waals surface area contributed by atoms with Crippen LogP contribution in [0, 0.1) is 11.3 Å². The van der Waals surface area contributed by atoms with Crippen LogP contribution in [0.3, 0.4) is 0 Å². The molecule has 0 aromatic rings. The second kappa shape index (κ2) is 6.62. The number of rotatable bonds is 6. The zero-order valence-electron chi connectivity index (χ0n) is 13.5. The van der Waals surface area contributed by atoms with Crippen LogP contribution in [0.5, 0.6) is 0 Å². The van der Waals surface area contributed by atoms with Crippen LogP contribution >= 0.6 is 0 Å². The number of nitrogens with two attached hydrogens (primary N) is 1. The molecule has 0 spiro atoms. The average Bonchev–Trinajstić information content (AvgIpc) is 2.35. The first-order valence-corrected chi connectivity index (χ1v) is 9.36. The average molecular weight is 319 g/mol. The molecule has 0 unspecified atom stereocenters. The van der Waals surface area contributed by atoms with E-state index in [1.54, 1.807) is 13.8 Å². The van der Waals surface area contributed by atoms with Gasteiger partial charge in [0.05, 0.1) is 11.7 Å². The highest BCUT2D eigenvalue weighted by molar-refractivity contribution is 7.88. The van der Waals surface area contributed by atoms with E-state index in [9.17, 15) is 13.2 Å².